The Hall–Kier alpha value is -1.27. The number of hydrogen-bond donors (Lipinski definition) is 2. The molecule has 2 aromatic carbocycles. The fourth-order valence-corrected chi connectivity index (χ4v) is 3.36. The maximum Gasteiger partial charge on any atom is 0.261 e. The normalized spacial score (nSPS) is 11.4. The molecule has 4 nitrogen and oxygen atoms in total. The van der Waals surface area contributed by atoms with Crippen molar-refractivity contribution in [2.45, 2.75) is 11.4 Å². The predicted octanol–water partition coefficient (Wildman–Crippen LogP) is 3.51. The van der Waals surface area contributed by atoms with Crippen molar-refractivity contribution in [3.63, 3.8) is 0 Å². The summed E-state index contributed by atoms with van der Waals surface area (Å²) >= 11 is 11.8. The highest BCUT2D eigenvalue weighted by Crippen LogP contribution is 2.27. The van der Waals surface area contributed by atoms with Gasteiger partial charge in [-0.25, -0.2) is 8.42 Å². The largest absolute Gasteiger partial charge is 0.316 e. The molecule has 0 aliphatic rings. The summed E-state index contributed by atoms with van der Waals surface area (Å²) in [5.41, 5.74) is 1.29. The summed E-state index contributed by atoms with van der Waals surface area (Å²) in [5, 5.41) is 3.69. The topological polar surface area (TPSA) is 58.2 Å². The van der Waals surface area contributed by atoms with Crippen molar-refractivity contribution in [2.24, 2.45) is 0 Å². The first kappa shape index (κ1) is 16.1. The molecule has 0 heterocycles. The molecule has 0 aliphatic heterocycles. The maximum absolute atomic E-state index is 12.3. The van der Waals surface area contributed by atoms with Crippen LogP contribution >= 0.6 is 23.2 Å². The van der Waals surface area contributed by atoms with Crippen molar-refractivity contribution < 1.29 is 8.42 Å². The molecule has 0 saturated heterocycles. The molecule has 0 unspecified atom stereocenters. The molecule has 0 amide bonds. The Balaban J connectivity index is 2.25. The summed E-state index contributed by atoms with van der Waals surface area (Å²) in [6.45, 7) is 0.677. The molecule has 2 N–H and O–H groups in total. The van der Waals surface area contributed by atoms with E-state index in [2.05, 4.69) is 10.0 Å². The Labute approximate surface area is 134 Å². The van der Waals surface area contributed by atoms with Crippen molar-refractivity contribution in [1.82, 2.24) is 5.32 Å². The van der Waals surface area contributed by atoms with Gasteiger partial charge in [0.25, 0.3) is 10.0 Å². The van der Waals surface area contributed by atoms with Crippen LogP contribution in [-0.4, -0.2) is 15.5 Å². The second-order valence-corrected chi connectivity index (χ2v) is 6.93. The van der Waals surface area contributed by atoms with Crippen molar-refractivity contribution in [1.29, 1.82) is 0 Å². The Morgan fingerprint density at radius 3 is 2.29 bits per heavy atom. The average molecular weight is 345 g/mol. The molecule has 0 atom stereocenters. The van der Waals surface area contributed by atoms with Gasteiger partial charge >= 0.3 is 0 Å². The van der Waals surface area contributed by atoms with E-state index in [0.29, 0.717) is 17.3 Å². The highest BCUT2D eigenvalue weighted by molar-refractivity contribution is 7.92. The molecule has 0 fully saturated rings. The molecule has 0 radical (unpaired) electrons. The minimum atomic E-state index is -3.68. The third-order valence-corrected chi connectivity index (χ3v) is 4.72. The third kappa shape index (κ3) is 4.11. The number of sulfonamides is 1. The Morgan fingerprint density at radius 2 is 1.71 bits per heavy atom. The molecular weight excluding hydrogens is 331 g/mol. The van der Waals surface area contributed by atoms with Gasteiger partial charge in [-0.2, -0.15) is 0 Å². The molecule has 2 aromatic rings. The molecule has 0 spiro atoms. The summed E-state index contributed by atoms with van der Waals surface area (Å²) in [6.07, 6.45) is 0. The van der Waals surface area contributed by atoms with Crippen LogP contribution in [0.1, 0.15) is 5.56 Å². The Bertz CT molecular complexity index is 731. The molecule has 7 heteroatoms. The Morgan fingerprint density at radius 1 is 1.05 bits per heavy atom. The lowest BCUT2D eigenvalue weighted by molar-refractivity contribution is 0.601. The zero-order valence-corrected chi connectivity index (χ0v) is 13.6. The van der Waals surface area contributed by atoms with E-state index >= 15 is 0 Å². The van der Waals surface area contributed by atoms with Crippen molar-refractivity contribution in [3.8, 4) is 0 Å². The van der Waals surface area contributed by atoms with E-state index in [1.54, 1.807) is 30.3 Å². The number of benzene rings is 2. The van der Waals surface area contributed by atoms with Crippen LogP contribution in [0.5, 0.6) is 0 Å². The molecule has 112 valence electrons. The second-order valence-electron chi connectivity index (χ2n) is 4.40. The number of nitrogens with one attached hydrogen (secondary N) is 2. The predicted molar refractivity (Wildman–Crippen MR) is 86.5 cm³/mol. The standard InChI is InChI=1S/C14H14Cl2N2O2S/c1-17-9-10-2-5-12(6-3-10)21(19,20)18-14-7-4-11(15)8-13(14)16/h2-8,17-18H,9H2,1H3. The second kappa shape index (κ2) is 6.66. The van der Waals surface area contributed by atoms with Crippen molar-refractivity contribution in [3.05, 3.63) is 58.1 Å². The zero-order valence-electron chi connectivity index (χ0n) is 11.2. The lowest BCUT2D eigenvalue weighted by atomic mass is 10.2. The van der Waals surface area contributed by atoms with Gasteiger partial charge in [0.05, 0.1) is 15.6 Å². The van der Waals surface area contributed by atoms with Crippen LogP contribution in [0.15, 0.2) is 47.4 Å². The van der Waals surface area contributed by atoms with E-state index in [4.69, 9.17) is 23.2 Å². The quantitative estimate of drug-likeness (QED) is 0.872. The number of halogens is 2. The fourth-order valence-electron chi connectivity index (χ4n) is 1.77. The van der Waals surface area contributed by atoms with E-state index < -0.39 is 10.0 Å². The molecule has 21 heavy (non-hydrogen) atoms. The van der Waals surface area contributed by atoms with Gasteiger partial charge in [-0.15, -0.1) is 0 Å². The molecule has 0 bridgehead atoms. The minimum Gasteiger partial charge on any atom is -0.316 e. The van der Waals surface area contributed by atoms with Gasteiger partial charge < -0.3 is 5.32 Å². The first-order chi connectivity index (χ1) is 9.92. The van der Waals surface area contributed by atoms with E-state index in [9.17, 15) is 8.42 Å². The SMILES string of the molecule is CNCc1ccc(S(=O)(=O)Nc2ccc(Cl)cc2Cl)cc1. The van der Waals surface area contributed by atoms with Gasteiger partial charge in [0.2, 0.25) is 0 Å². The van der Waals surface area contributed by atoms with Gasteiger partial charge in [0.1, 0.15) is 0 Å². The number of hydrogen-bond acceptors (Lipinski definition) is 3. The van der Waals surface area contributed by atoms with Crippen LogP contribution < -0.4 is 10.0 Å². The van der Waals surface area contributed by atoms with Gasteiger partial charge in [-0.3, -0.25) is 4.72 Å². The number of rotatable bonds is 5. The smallest absolute Gasteiger partial charge is 0.261 e. The maximum atomic E-state index is 12.3. The van der Waals surface area contributed by atoms with E-state index in [-0.39, 0.29) is 9.92 Å². The van der Waals surface area contributed by atoms with Gasteiger partial charge in [-0.1, -0.05) is 35.3 Å². The van der Waals surface area contributed by atoms with Crippen LogP contribution in [0.4, 0.5) is 5.69 Å². The van der Waals surface area contributed by atoms with Gasteiger partial charge in [-0.05, 0) is 42.9 Å². The van der Waals surface area contributed by atoms with Crippen molar-refractivity contribution in [2.75, 3.05) is 11.8 Å². The monoisotopic (exact) mass is 344 g/mol. The summed E-state index contributed by atoms with van der Waals surface area (Å²) in [6, 6.07) is 11.2. The lowest BCUT2D eigenvalue weighted by Gasteiger charge is -2.10. The highest BCUT2D eigenvalue weighted by atomic mass is 35.5. The summed E-state index contributed by atoms with van der Waals surface area (Å²) in [7, 11) is -1.85. The van der Waals surface area contributed by atoms with Crippen LogP contribution in [0, 0.1) is 0 Å². The average Bonchev–Trinajstić information content (AvgIpc) is 2.43. The van der Waals surface area contributed by atoms with E-state index in [0.717, 1.165) is 5.56 Å². The number of anilines is 1. The summed E-state index contributed by atoms with van der Waals surface area (Å²) in [4.78, 5) is 0.174. The molecular formula is C14H14Cl2N2O2S. The van der Waals surface area contributed by atoms with Gasteiger partial charge in [0, 0.05) is 11.6 Å². The fraction of sp³-hybridized carbons (Fsp3) is 0.143. The van der Waals surface area contributed by atoms with Crippen LogP contribution in [-0.2, 0) is 16.6 Å². The minimum absolute atomic E-state index is 0.174. The van der Waals surface area contributed by atoms with Crippen LogP contribution in [0.25, 0.3) is 0 Å². The third-order valence-electron chi connectivity index (χ3n) is 2.79. The summed E-state index contributed by atoms with van der Waals surface area (Å²) < 4.78 is 27.0. The Kier molecular flexibility index (Phi) is 5.11. The first-order valence-electron chi connectivity index (χ1n) is 6.14. The molecule has 0 saturated carbocycles. The molecule has 0 aromatic heterocycles. The molecule has 2 rings (SSSR count). The van der Waals surface area contributed by atoms with Crippen LogP contribution in [0.2, 0.25) is 10.0 Å². The molecule has 0 aliphatic carbocycles. The zero-order chi connectivity index (χ0) is 15.5. The first-order valence-corrected chi connectivity index (χ1v) is 8.38. The van der Waals surface area contributed by atoms with E-state index in [1.165, 1.54) is 12.1 Å². The van der Waals surface area contributed by atoms with E-state index in [1.807, 2.05) is 7.05 Å². The van der Waals surface area contributed by atoms with Crippen molar-refractivity contribution >= 4 is 38.9 Å². The lowest BCUT2D eigenvalue weighted by Crippen LogP contribution is -2.13. The van der Waals surface area contributed by atoms with Gasteiger partial charge in [0.15, 0.2) is 0 Å². The highest BCUT2D eigenvalue weighted by Gasteiger charge is 2.15. The van der Waals surface area contributed by atoms with Crippen LogP contribution in [0.3, 0.4) is 0 Å². The summed E-state index contributed by atoms with van der Waals surface area (Å²) in [5.74, 6) is 0.